The Kier molecular flexibility index (Phi) is 8.69. The summed E-state index contributed by atoms with van der Waals surface area (Å²) in [5, 5.41) is 4.10. The van der Waals surface area contributed by atoms with Gasteiger partial charge in [0.2, 0.25) is 0 Å². The lowest BCUT2D eigenvalue weighted by Gasteiger charge is -2.16. The minimum absolute atomic E-state index is 0.321. The number of rotatable bonds is 10. The standard InChI is InChI=1S/C25H25BrN2O4/c1-3-23(32-22-12-7-10-20(26)15-22)25(29)28-27-16-19-9-4-5-13-24(19)31-17-18-8-6-11-21(14-18)30-2/h4-16,23H,3,17H2,1-2H3,(H,28,29)/b27-16-/t23-/m0/s1. The number of hydrazone groups is 1. The van der Waals surface area contributed by atoms with Gasteiger partial charge in [-0.3, -0.25) is 4.79 Å². The number of benzene rings is 3. The number of carbonyl (C=O) groups is 1. The Morgan fingerprint density at radius 3 is 2.62 bits per heavy atom. The van der Waals surface area contributed by atoms with Gasteiger partial charge < -0.3 is 14.2 Å². The van der Waals surface area contributed by atoms with Crippen molar-refractivity contribution < 1.29 is 19.0 Å². The lowest BCUT2D eigenvalue weighted by molar-refractivity contribution is -0.128. The summed E-state index contributed by atoms with van der Waals surface area (Å²) in [5.74, 6) is 1.73. The van der Waals surface area contributed by atoms with Crippen LogP contribution in [0.1, 0.15) is 24.5 Å². The maximum absolute atomic E-state index is 12.5. The molecule has 3 rings (SSSR count). The van der Waals surface area contributed by atoms with E-state index in [1.807, 2.05) is 73.7 Å². The topological polar surface area (TPSA) is 69.2 Å². The van der Waals surface area contributed by atoms with Crippen molar-refractivity contribution in [2.75, 3.05) is 7.11 Å². The summed E-state index contributed by atoms with van der Waals surface area (Å²) >= 11 is 3.40. The molecule has 1 atom stereocenters. The second-order valence-electron chi connectivity index (χ2n) is 6.88. The van der Waals surface area contributed by atoms with Crippen LogP contribution in [-0.2, 0) is 11.4 Å². The lowest BCUT2D eigenvalue weighted by atomic mass is 10.2. The molecule has 1 amide bonds. The van der Waals surface area contributed by atoms with Gasteiger partial charge in [0.1, 0.15) is 23.9 Å². The molecule has 0 saturated carbocycles. The van der Waals surface area contributed by atoms with Crippen molar-refractivity contribution in [3.8, 4) is 17.2 Å². The summed E-state index contributed by atoms with van der Waals surface area (Å²) in [6.07, 6.45) is 1.42. The minimum Gasteiger partial charge on any atom is -0.497 e. The zero-order valence-electron chi connectivity index (χ0n) is 18.0. The third kappa shape index (κ3) is 6.85. The highest BCUT2D eigenvalue weighted by atomic mass is 79.9. The molecular weight excluding hydrogens is 472 g/mol. The van der Waals surface area contributed by atoms with Gasteiger partial charge >= 0.3 is 0 Å². The fourth-order valence-electron chi connectivity index (χ4n) is 2.91. The molecular formula is C25H25BrN2O4. The molecule has 0 aliphatic carbocycles. The third-order valence-electron chi connectivity index (χ3n) is 4.56. The predicted octanol–water partition coefficient (Wildman–Crippen LogP) is 5.34. The van der Waals surface area contributed by atoms with Gasteiger partial charge in [-0.05, 0) is 54.4 Å². The van der Waals surface area contributed by atoms with Crippen LogP contribution in [0, 0.1) is 0 Å². The summed E-state index contributed by atoms with van der Waals surface area (Å²) in [4.78, 5) is 12.5. The van der Waals surface area contributed by atoms with E-state index in [4.69, 9.17) is 14.2 Å². The number of carbonyl (C=O) groups excluding carboxylic acids is 1. The fourth-order valence-corrected chi connectivity index (χ4v) is 3.28. The first-order valence-corrected chi connectivity index (χ1v) is 11.0. The summed E-state index contributed by atoms with van der Waals surface area (Å²) in [7, 11) is 1.63. The highest BCUT2D eigenvalue weighted by Crippen LogP contribution is 2.21. The van der Waals surface area contributed by atoms with E-state index in [-0.39, 0.29) is 5.91 Å². The predicted molar refractivity (Wildman–Crippen MR) is 128 cm³/mol. The Morgan fingerprint density at radius 2 is 1.84 bits per heavy atom. The van der Waals surface area contributed by atoms with Crippen LogP contribution >= 0.6 is 15.9 Å². The molecule has 166 valence electrons. The number of nitrogens with one attached hydrogen (secondary N) is 1. The molecule has 0 unspecified atom stereocenters. The van der Waals surface area contributed by atoms with E-state index < -0.39 is 6.10 Å². The first-order valence-electron chi connectivity index (χ1n) is 10.2. The Morgan fingerprint density at radius 1 is 1.06 bits per heavy atom. The Hall–Kier alpha value is -3.32. The Balaban J connectivity index is 1.60. The molecule has 0 spiro atoms. The van der Waals surface area contributed by atoms with Crippen molar-refractivity contribution >= 4 is 28.1 Å². The molecule has 32 heavy (non-hydrogen) atoms. The van der Waals surface area contributed by atoms with E-state index >= 15 is 0 Å². The number of halogens is 1. The molecule has 0 aliphatic heterocycles. The van der Waals surface area contributed by atoms with Gasteiger partial charge in [0.05, 0.1) is 13.3 Å². The molecule has 7 heteroatoms. The van der Waals surface area contributed by atoms with Crippen LogP contribution in [0.2, 0.25) is 0 Å². The van der Waals surface area contributed by atoms with Gasteiger partial charge in [-0.2, -0.15) is 5.10 Å². The number of amides is 1. The molecule has 3 aromatic rings. The molecule has 3 aromatic carbocycles. The van der Waals surface area contributed by atoms with Gasteiger partial charge in [0, 0.05) is 10.0 Å². The fraction of sp³-hybridized carbons (Fsp3) is 0.200. The highest BCUT2D eigenvalue weighted by molar-refractivity contribution is 9.10. The van der Waals surface area contributed by atoms with Crippen LogP contribution in [0.3, 0.4) is 0 Å². The van der Waals surface area contributed by atoms with Gasteiger partial charge in [-0.1, -0.05) is 53.2 Å². The Labute approximate surface area is 196 Å². The molecule has 0 heterocycles. The quantitative estimate of drug-likeness (QED) is 0.303. The third-order valence-corrected chi connectivity index (χ3v) is 5.06. The number of para-hydroxylation sites is 1. The molecule has 0 bridgehead atoms. The number of hydrogen-bond acceptors (Lipinski definition) is 5. The number of methoxy groups -OCH3 is 1. The van der Waals surface area contributed by atoms with Crippen LogP contribution in [0.25, 0.3) is 0 Å². The maximum atomic E-state index is 12.5. The normalized spacial score (nSPS) is 11.7. The first kappa shape index (κ1) is 23.3. The largest absolute Gasteiger partial charge is 0.497 e. The molecule has 0 aromatic heterocycles. The average molecular weight is 497 g/mol. The zero-order chi connectivity index (χ0) is 22.8. The van der Waals surface area contributed by atoms with Gasteiger partial charge in [0.25, 0.3) is 5.91 Å². The van der Waals surface area contributed by atoms with Crippen molar-refractivity contribution in [3.63, 3.8) is 0 Å². The van der Waals surface area contributed by atoms with Crippen LogP contribution < -0.4 is 19.6 Å². The second-order valence-corrected chi connectivity index (χ2v) is 7.80. The summed E-state index contributed by atoms with van der Waals surface area (Å²) in [6, 6.07) is 22.6. The molecule has 0 aliphatic rings. The molecule has 0 saturated heterocycles. The molecule has 6 nitrogen and oxygen atoms in total. The van der Waals surface area contributed by atoms with Crippen molar-refractivity contribution in [2.24, 2.45) is 5.10 Å². The number of nitrogens with zero attached hydrogens (tertiary/aromatic N) is 1. The van der Waals surface area contributed by atoms with Crippen molar-refractivity contribution in [1.29, 1.82) is 0 Å². The zero-order valence-corrected chi connectivity index (χ0v) is 19.5. The first-order chi connectivity index (χ1) is 15.6. The maximum Gasteiger partial charge on any atom is 0.281 e. The van der Waals surface area contributed by atoms with Crippen molar-refractivity contribution in [2.45, 2.75) is 26.1 Å². The van der Waals surface area contributed by atoms with E-state index in [1.165, 1.54) is 0 Å². The summed E-state index contributed by atoms with van der Waals surface area (Å²) in [6.45, 7) is 2.26. The van der Waals surface area contributed by atoms with E-state index in [1.54, 1.807) is 19.4 Å². The Bertz CT molecular complexity index is 1070. The highest BCUT2D eigenvalue weighted by Gasteiger charge is 2.18. The minimum atomic E-state index is -0.652. The van der Waals surface area contributed by atoms with E-state index in [0.29, 0.717) is 24.5 Å². The molecule has 1 N–H and O–H groups in total. The average Bonchev–Trinajstić information content (AvgIpc) is 2.82. The van der Waals surface area contributed by atoms with Crippen LogP contribution in [-0.4, -0.2) is 25.3 Å². The molecule has 0 radical (unpaired) electrons. The lowest BCUT2D eigenvalue weighted by Crippen LogP contribution is -2.35. The van der Waals surface area contributed by atoms with Crippen LogP contribution in [0.4, 0.5) is 0 Å². The molecule has 0 fully saturated rings. The van der Waals surface area contributed by atoms with Gasteiger partial charge in [-0.25, -0.2) is 5.43 Å². The SMILES string of the molecule is CC[C@H](Oc1cccc(Br)c1)C(=O)N/N=C\c1ccccc1OCc1cccc(OC)c1. The van der Waals surface area contributed by atoms with Gasteiger partial charge in [-0.15, -0.1) is 0 Å². The van der Waals surface area contributed by atoms with Crippen LogP contribution in [0.15, 0.2) is 82.4 Å². The summed E-state index contributed by atoms with van der Waals surface area (Å²) < 4.78 is 17.9. The monoisotopic (exact) mass is 496 g/mol. The van der Waals surface area contributed by atoms with Gasteiger partial charge in [0.15, 0.2) is 6.10 Å². The van der Waals surface area contributed by atoms with Crippen molar-refractivity contribution in [3.05, 3.63) is 88.4 Å². The van der Waals surface area contributed by atoms with Crippen LogP contribution in [0.5, 0.6) is 17.2 Å². The smallest absolute Gasteiger partial charge is 0.281 e. The number of ether oxygens (including phenoxy) is 3. The van der Waals surface area contributed by atoms with E-state index in [0.717, 1.165) is 21.3 Å². The summed E-state index contributed by atoms with van der Waals surface area (Å²) in [5.41, 5.74) is 4.29. The second kappa shape index (κ2) is 11.9. The number of hydrogen-bond donors (Lipinski definition) is 1. The van der Waals surface area contributed by atoms with Crippen molar-refractivity contribution in [1.82, 2.24) is 5.43 Å². The van der Waals surface area contributed by atoms with E-state index in [2.05, 4.69) is 26.5 Å². The van der Waals surface area contributed by atoms with E-state index in [9.17, 15) is 4.79 Å².